The maximum Gasteiger partial charge on any atom is 0.257 e. The van der Waals surface area contributed by atoms with Crippen molar-refractivity contribution in [1.29, 1.82) is 0 Å². The average molecular weight is 491 g/mol. The SMILES string of the molecule is O=C(Nc1ccc(-c2nc3ccccc3s2)cc1)c1cc(I)ccc1Cl. The Balaban J connectivity index is 1.56. The van der Waals surface area contributed by atoms with Gasteiger partial charge in [0.25, 0.3) is 5.91 Å². The van der Waals surface area contributed by atoms with Gasteiger partial charge < -0.3 is 5.32 Å². The lowest BCUT2D eigenvalue weighted by Crippen LogP contribution is -2.12. The van der Waals surface area contributed by atoms with Gasteiger partial charge in [0.05, 0.1) is 20.8 Å². The van der Waals surface area contributed by atoms with Crippen molar-refractivity contribution in [2.45, 2.75) is 0 Å². The number of fused-ring (bicyclic) bond motifs is 1. The number of benzene rings is 3. The second-order valence-corrected chi connectivity index (χ2v) is 8.33. The monoisotopic (exact) mass is 490 g/mol. The van der Waals surface area contributed by atoms with Gasteiger partial charge in [-0.25, -0.2) is 4.98 Å². The number of carbonyl (C=O) groups excluding carboxylic acids is 1. The molecule has 128 valence electrons. The van der Waals surface area contributed by atoms with Gasteiger partial charge in [0.1, 0.15) is 5.01 Å². The van der Waals surface area contributed by atoms with E-state index in [4.69, 9.17) is 11.6 Å². The van der Waals surface area contributed by atoms with E-state index in [9.17, 15) is 4.79 Å². The number of para-hydroxylation sites is 1. The number of nitrogens with zero attached hydrogens (tertiary/aromatic N) is 1. The molecule has 0 radical (unpaired) electrons. The van der Waals surface area contributed by atoms with E-state index in [1.54, 1.807) is 23.5 Å². The van der Waals surface area contributed by atoms with Crippen molar-refractivity contribution in [3.8, 4) is 10.6 Å². The van der Waals surface area contributed by atoms with E-state index < -0.39 is 0 Å². The van der Waals surface area contributed by atoms with Gasteiger partial charge in [-0.1, -0.05) is 23.7 Å². The van der Waals surface area contributed by atoms with Gasteiger partial charge in [0.2, 0.25) is 0 Å². The Kier molecular flexibility index (Phi) is 4.93. The van der Waals surface area contributed by atoms with Crippen LogP contribution in [0, 0.1) is 3.57 Å². The standard InChI is InChI=1S/C20H12ClIN2OS/c21-16-10-7-13(22)11-15(16)19(25)23-14-8-5-12(6-9-14)20-24-17-3-1-2-4-18(17)26-20/h1-11H,(H,23,25). The van der Waals surface area contributed by atoms with E-state index in [0.717, 1.165) is 30.0 Å². The molecule has 0 aliphatic rings. The van der Waals surface area contributed by atoms with Crippen LogP contribution in [0.1, 0.15) is 10.4 Å². The molecule has 0 spiro atoms. The average Bonchev–Trinajstić information content (AvgIpc) is 3.08. The highest BCUT2D eigenvalue weighted by Gasteiger charge is 2.12. The summed E-state index contributed by atoms with van der Waals surface area (Å²) < 4.78 is 2.12. The molecule has 1 aromatic heterocycles. The van der Waals surface area contributed by atoms with E-state index in [2.05, 4.69) is 39.0 Å². The summed E-state index contributed by atoms with van der Waals surface area (Å²) in [7, 11) is 0. The Labute approximate surface area is 173 Å². The molecular weight excluding hydrogens is 479 g/mol. The van der Waals surface area contributed by atoms with Crippen molar-refractivity contribution >= 4 is 67.3 Å². The van der Waals surface area contributed by atoms with Crippen LogP contribution in [-0.2, 0) is 0 Å². The molecule has 3 aromatic carbocycles. The van der Waals surface area contributed by atoms with Gasteiger partial charge in [0.15, 0.2) is 0 Å². The Hall–Kier alpha value is -1.96. The van der Waals surface area contributed by atoms with Crippen LogP contribution in [0.2, 0.25) is 5.02 Å². The molecule has 1 heterocycles. The van der Waals surface area contributed by atoms with Crippen molar-refractivity contribution < 1.29 is 4.79 Å². The number of amides is 1. The number of halogens is 2. The van der Waals surface area contributed by atoms with Crippen molar-refractivity contribution in [3.63, 3.8) is 0 Å². The zero-order chi connectivity index (χ0) is 18.1. The number of anilines is 1. The van der Waals surface area contributed by atoms with Gasteiger partial charge >= 0.3 is 0 Å². The zero-order valence-electron chi connectivity index (χ0n) is 13.4. The zero-order valence-corrected chi connectivity index (χ0v) is 17.1. The molecule has 1 amide bonds. The number of aromatic nitrogens is 1. The minimum Gasteiger partial charge on any atom is -0.322 e. The molecule has 0 saturated heterocycles. The lowest BCUT2D eigenvalue weighted by molar-refractivity contribution is 0.102. The summed E-state index contributed by atoms with van der Waals surface area (Å²) in [6.45, 7) is 0. The van der Waals surface area contributed by atoms with Gasteiger partial charge in [0, 0.05) is 14.8 Å². The molecule has 4 aromatic rings. The number of carbonyl (C=O) groups is 1. The molecule has 0 fully saturated rings. The molecular formula is C20H12ClIN2OS. The van der Waals surface area contributed by atoms with Gasteiger partial charge in [-0.15, -0.1) is 11.3 Å². The van der Waals surface area contributed by atoms with Gasteiger partial charge in [-0.2, -0.15) is 0 Å². The topological polar surface area (TPSA) is 42.0 Å². The van der Waals surface area contributed by atoms with E-state index in [1.165, 1.54) is 0 Å². The highest BCUT2D eigenvalue weighted by atomic mass is 127. The summed E-state index contributed by atoms with van der Waals surface area (Å²) >= 11 is 9.94. The van der Waals surface area contributed by atoms with Crippen LogP contribution >= 0.6 is 45.5 Å². The number of rotatable bonds is 3. The Morgan fingerprint density at radius 2 is 1.81 bits per heavy atom. The van der Waals surface area contributed by atoms with Gasteiger partial charge in [-0.3, -0.25) is 4.79 Å². The normalized spacial score (nSPS) is 10.8. The molecule has 1 N–H and O–H groups in total. The molecule has 0 unspecified atom stereocenters. The van der Waals surface area contributed by atoms with Crippen LogP contribution in [0.15, 0.2) is 66.7 Å². The third-order valence-corrected chi connectivity index (χ3v) is 5.94. The van der Waals surface area contributed by atoms with E-state index >= 15 is 0 Å². The molecule has 4 rings (SSSR count). The molecule has 0 saturated carbocycles. The molecule has 3 nitrogen and oxygen atoms in total. The summed E-state index contributed by atoms with van der Waals surface area (Å²) in [5, 5.41) is 4.29. The summed E-state index contributed by atoms with van der Waals surface area (Å²) in [6.07, 6.45) is 0. The molecule has 0 bridgehead atoms. The first-order chi connectivity index (χ1) is 12.6. The first-order valence-electron chi connectivity index (χ1n) is 7.82. The Bertz CT molecular complexity index is 1080. The van der Waals surface area contributed by atoms with Gasteiger partial charge in [-0.05, 0) is 77.2 Å². The first-order valence-corrected chi connectivity index (χ1v) is 10.1. The second kappa shape index (κ2) is 7.34. The van der Waals surface area contributed by atoms with Crippen molar-refractivity contribution in [1.82, 2.24) is 4.98 Å². The van der Waals surface area contributed by atoms with E-state index in [0.29, 0.717) is 10.6 Å². The highest BCUT2D eigenvalue weighted by molar-refractivity contribution is 14.1. The van der Waals surface area contributed by atoms with Crippen LogP contribution in [-0.4, -0.2) is 10.9 Å². The van der Waals surface area contributed by atoms with Crippen LogP contribution in [0.25, 0.3) is 20.8 Å². The van der Waals surface area contributed by atoms with Crippen LogP contribution in [0.4, 0.5) is 5.69 Å². The van der Waals surface area contributed by atoms with Crippen molar-refractivity contribution in [3.05, 3.63) is 80.9 Å². The fraction of sp³-hybridized carbons (Fsp3) is 0. The molecule has 0 aliphatic heterocycles. The summed E-state index contributed by atoms with van der Waals surface area (Å²) in [5.74, 6) is -0.221. The van der Waals surface area contributed by atoms with E-state index in [-0.39, 0.29) is 5.91 Å². The third-order valence-electron chi connectivity index (χ3n) is 3.86. The Morgan fingerprint density at radius 3 is 2.58 bits per heavy atom. The van der Waals surface area contributed by atoms with Crippen molar-refractivity contribution in [2.24, 2.45) is 0 Å². The first kappa shape index (κ1) is 17.5. The summed E-state index contributed by atoms with van der Waals surface area (Å²) in [4.78, 5) is 17.1. The molecule has 6 heteroatoms. The third kappa shape index (κ3) is 3.60. The number of nitrogens with one attached hydrogen (secondary N) is 1. The maximum atomic E-state index is 12.5. The maximum absolute atomic E-state index is 12.5. The molecule has 26 heavy (non-hydrogen) atoms. The number of hydrogen-bond acceptors (Lipinski definition) is 3. The fourth-order valence-electron chi connectivity index (χ4n) is 2.56. The van der Waals surface area contributed by atoms with Crippen LogP contribution in [0.3, 0.4) is 0 Å². The lowest BCUT2D eigenvalue weighted by Gasteiger charge is -2.08. The van der Waals surface area contributed by atoms with Crippen LogP contribution < -0.4 is 5.32 Å². The minimum absolute atomic E-state index is 0.221. The summed E-state index contributed by atoms with van der Waals surface area (Å²) in [6, 6.07) is 21.1. The Morgan fingerprint density at radius 1 is 1.04 bits per heavy atom. The van der Waals surface area contributed by atoms with Crippen LogP contribution in [0.5, 0.6) is 0 Å². The fourth-order valence-corrected chi connectivity index (χ4v) is 4.23. The number of hydrogen-bond donors (Lipinski definition) is 1. The smallest absolute Gasteiger partial charge is 0.257 e. The number of thiazole rings is 1. The molecule has 0 atom stereocenters. The lowest BCUT2D eigenvalue weighted by atomic mass is 10.2. The van der Waals surface area contributed by atoms with E-state index in [1.807, 2.05) is 48.5 Å². The molecule has 0 aliphatic carbocycles. The predicted octanol–water partition coefficient (Wildman–Crippen LogP) is 6.47. The quantitative estimate of drug-likeness (QED) is 0.334. The van der Waals surface area contributed by atoms with Crippen molar-refractivity contribution in [2.75, 3.05) is 5.32 Å². The highest BCUT2D eigenvalue weighted by Crippen LogP contribution is 2.30. The largest absolute Gasteiger partial charge is 0.322 e. The predicted molar refractivity (Wildman–Crippen MR) is 117 cm³/mol. The summed E-state index contributed by atoms with van der Waals surface area (Å²) in [5.41, 5.74) is 3.21. The second-order valence-electron chi connectivity index (χ2n) is 5.64. The minimum atomic E-state index is -0.221.